The molecule has 0 spiro atoms. The summed E-state index contributed by atoms with van der Waals surface area (Å²) in [6.45, 7) is 0. The number of hydrazine groups is 1. The number of benzene rings is 1. The molecule has 0 aliphatic rings. The molecule has 0 saturated heterocycles. The second-order valence-electron chi connectivity index (χ2n) is 4.35. The molecule has 3 nitrogen and oxygen atoms in total. The largest absolute Gasteiger partial charge is 0.271 e. The van der Waals surface area contributed by atoms with E-state index >= 15 is 0 Å². The zero-order valence-corrected chi connectivity index (χ0v) is 13.9. The van der Waals surface area contributed by atoms with E-state index < -0.39 is 0 Å². The molecule has 6 heteroatoms. The summed E-state index contributed by atoms with van der Waals surface area (Å²) in [5.74, 6) is 6.50. The molecule has 1 aromatic carbocycles. The molecule has 0 amide bonds. The van der Waals surface area contributed by atoms with Gasteiger partial charge in [0, 0.05) is 38.6 Å². The summed E-state index contributed by atoms with van der Waals surface area (Å²) in [5, 5.41) is 0.753. The van der Waals surface area contributed by atoms with Crippen molar-refractivity contribution in [2.75, 3.05) is 5.75 Å². The molecule has 1 heterocycles. The molecule has 0 saturated carbocycles. The summed E-state index contributed by atoms with van der Waals surface area (Å²) >= 11 is 11.1. The number of thioether (sulfide) groups is 1. The average Bonchev–Trinajstić information content (AvgIpc) is 2.43. The lowest BCUT2D eigenvalue weighted by molar-refractivity contribution is 0.574. The monoisotopic (exact) mass is 371 g/mol. The number of nitrogens with two attached hydrogens (primary N) is 1. The van der Waals surface area contributed by atoms with Crippen LogP contribution in [0.2, 0.25) is 5.02 Å². The SMILES string of the molecule is NNC(CSc1cccc(Cl)c1)Cc1cncc(Br)c1. The van der Waals surface area contributed by atoms with Gasteiger partial charge in [0.15, 0.2) is 0 Å². The third-order valence-corrected chi connectivity index (χ3v) is 4.55. The van der Waals surface area contributed by atoms with E-state index in [0.29, 0.717) is 0 Å². The van der Waals surface area contributed by atoms with Crippen molar-refractivity contribution in [3.63, 3.8) is 0 Å². The fraction of sp³-hybridized carbons (Fsp3) is 0.214. The van der Waals surface area contributed by atoms with Crippen LogP contribution in [-0.4, -0.2) is 16.8 Å². The summed E-state index contributed by atoms with van der Waals surface area (Å²) in [5.41, 5.74) is 4.01. The molecule has 2 rings (SSSR count). The smallest absolute Gasteiger partial charge is 0.0417 e. The van der Waals surface area contributed by atoms with E-state index in [4.69, 9.17) is 17.4 Å². The van der Waals surface area contributed by atoms with Gasteiger partial charge in [0.05, 0.1) is 0 Å². The number of halogens is 2. The Hall–Kier alpha value is -0.590. The van der Waals surface area contributed by atoms with E-state index in [-0.39, 0.29) is 6.04 Å². The van der Waals surface area contributed by atoms with Gasteiger partial charge in [-0.1, -0.05) is 17.7 Å². The van der Waals surface area contributed by atoms with Gasteiger partial charge in [-0.05, 0) is 52.2 Å². The van der Waals surface area contributed by atoms with Gasteiger partial charge < -0.3 is 0 Å². The summed E-state index contributed by atoms with van der Waals surface area (Å²) in [4.78, 5) is 5.31. The van der Waals surface area contributed by atoms with Crippen LogP contribution in [0, 0.1) is 0 Å². The Balaban J connectivity index is 1.92. The Morgan fingerprint density at radius 1 is 1.35 bits per heavy atom. The number of nitrogens with one attached hydrogen (secondary N) is 1. The fourth-order valence-corrected chi connectivity index (χ4v) is 3.43. The molecule has 0 bridgehead atoms. The highest BCUT2D eigenvalue weighted by molar-refractivity contribution is 9.10. The Labute approximate surface area is 136 Å². The number of hydrogen-bond donors (Lipinski definition) is 2. The molecule has 0 aliphatic heterocycles. The van der Waals surface area contributed by atoms with E-state index in [9.17, 15) is 0 Å². The van der Waals surface area contributed by atoms with Crippen molar-refractivity contribution >= 4 is 39.3 Å². The van der Waals surface area contributed by atoms with Crippen LogP contribution in [0.3, 0.4) is 0 Å². The van der Waals surface area contributed by atoms with Gasteiger partial charge in [-0.15, -0.1) is 11.8 Å². The molecular weight excluding hydrogens is 358 g/mol. The zero-order chi connectivity index (χ0) is 14.4. The number of rotatable bonds is 6. The lowest BCUT2D eigenvalue weighted by Gasteiger charge is -2.15. The van der Waals surface area contributed by atoms with Gasteiger partial charge in [-0.3, -0.25) is 16.3 Å². The predicted molar refractivity (Wildman–Crippen MR) is 88.9 cm³/mol. The third kappa shape index (κ3) is 5.07. The molecule has 0 fully saturated rings. The van der Waals surface area contributed by atoms with Crippen LogP contribution in [0.5, 0.6) is 0 Å². The van der Waals surface area contributed by atoms with Crippen molar-refractivity contribution in [2.24, 2.45) is 5.84 Å². The molecular formula is C14H15BrClN3S. The summed E-state index contributed by atoms with van der Waals surface area (Å²) in [7, 11) is 0. The highest BCUT2D eigenvalue weighted by Gasteiger charge is 2.09. The fourth-order valence-electron chi connectivity index (χ4n) is 1.77. The minimum absolute atomic E-state index is 0.176. The summed E-state index contributed by atoms with van der Waals surface area (Å²) in [6, 6.07) is 10.1. The topological polar surface area (TPSA) is 50.9 Å². The Kier molecular flexibility index (Phi) is 6.32. The highest BCUT2D eigenvalue weighted by atomic mass is 79.9. The van der Waals surface area contributed by atoms with Gasteiger partial charge in [0.25, 0.3) is 0 Å². The maximum Gasteiger partial charge on any atom is 0.0417 e. The van der Waals surface area contributed by atoms with Crippen LogP contribution >= 0.6 is 39.3 Å². The van der Waals surface area contributed by atoms with Crippen LogP contribution in [0.1, 0.15) is 5.56 Å². The van der Waals surface area contributed by atoms with E-state index in [1.165, 1.54) is 0 Å². The van der Waals surface area contributed by atoms with Gasteiger partial charge in [0.2, 0.25) is 0 Å². The van der Waals surface area contributed by atoms with Crippen molar-refractivity contribution in [2.45, 2.75) is 17.4 Å². The molecule has 1 atom stereocenters. The van der Waals surface area contributed by atoms with E-state index in [1.54, 1.807) is 18.0 Å². The first-order valence-corrected chi connectivity index (χ1v) is 8.27. The first kappa shape index (κ1) is 15.8. The van der Waals surface area contributed by atoms with Crippen molar-refractivity contribution < 1.29 is 0 Å². The number of hydrogen-bond acceptors (Lipinski definition) is 4. The molecule has 2 aromatic rings. The van der Waals surface area contributed by atoms with Crippen molar-refractivity contribution in [1.29, 1.82) is 0 Å². The normalized spacial score (nSPS) is 12.3. The van der Waals surface area contributed by atoms with Crippen LogP contribution < -0.4 is 11.3 Å². The number of nitrogens with zero attached hydrogens (tertiary/aromatic N) is 1. The molecule has 0 aliphatic carbocycles. The molecule has 3 N–H and O–H groups in total. The Morgan fingerprint density at radius 2 is 2.20 bits per heavy atom. The van der Waals surface area contributed by atoms with Gasteiger partial charge in [0.1, 0.15) is 0 Å². The molecule has 0 radical (unpaired) electrons. The van der Waals surface area contributed by atoms with Gasteiger partial charge >= 0.3 is 0 Å². The summed E-state index contributed by atoms with van der Waals surface area (Å²) < 4.78 is 0.980. The zero-order valence-electron chi connectivity index (χ0n) is 10.7. The van der Waals surface area contributed by atoms with E-state index in [0.717, 1.165) is 32.1 Å². The van der Waals surface area contributed by atoms with Gasteiger partial charge in [-0.2, -0.15) is 0 Å². The lowest BCUT2D eigenvalue weighted by Crippen LogP contribution is -2.38. The van der Waals surface area contributed by atoms with Crippen molar-refractivity contribution in [1.82, 2.24) is 10.4 Å². The summed E-state index contributed by atoms with van der Waals surface area (Å²) in [6.07, 6.45) is 4.46. The van der Waals surface area contributed by atoms with Crippen LogP contribution in [-0.2, 0) is 6.42 Å². The Bertz CT molecular complexity index is 568. The van der Waals surface area contributed by atoms with Crippen LogP contribution in [0.15, 0.2) is 52.1 Å². The third-order valence-electron chi connectivity index (χ3n) is 2.73. The molecule has 106 valence electrons. The van der Waals surface area contributed by atoms with Crippen molar-refractivity contribution in [3.05, 3.63) is 57.8 Å². The Morgan fingerprint density at radius 3 is 2.90 bits per heavy atom. The van der Waals surface area contributed by atoms with E-state index in [1.807, 2.05) is 30.5 Å². The average molecular weight is 373 g/mol. The quantitative estimate of drug-likeness (QED) is 0.461. The first-order valence-electron chi connectivity index (χ1n) is 6.11. The second-order valence-corrected chi connectivity index (χ2v) is 6.79. The maximum atomic E-state index is 5.97. The predicted octanol–water partition coefficient (Wildman–Crippen LogP) is 3.66. The van der Waals surface area contributed by atoms with Crippen LogP contribution in [0.25, 0.3) is 0 Å². The second kappa shape index (κ2) is 8.00. The minimum Gasteiger partial charge on any atom is -0.271 e. The maximum absolute atomic E-state index is 5.97. The van der Waals surface area contributed by atoms with Crippen LogP contribution in [0.4, 0.5) is 0 Å². The lowest BCUT2D eigenvalue weighted by atomic mass is 10.1. The van der Waals surface area contributed by atoms with Crippen molar-refractivity contribution in [3.8, 4) is 0 Å². The molecule has 20 heavy (non-hydrogen) atoms. The standard InChI is InChI=1S/C14H15BrClN3S/c15-11-4-10(7-18-8-11)5-13(19-17)9-20-14-3-1-2-12(16)6-14/h1-4,6-8,13,19H,5,9,17H2. The number of pyridine rings is 1. The molecule has 1 unspecified atom stereocenters. The highest BCUT2D eigenvalue weighted by Crippen LogP contribution is 2.23. The van der Waals surface area contributed by atoms with E-state index in [2.05, 4.69) is 32.4 Å². The first-order chi connectivity index (χ1) is 9.67. The van der Waals surface area contributed by atoms with Gasteiger partial charge in [-0.25, -0.2) is 0 Å². The number of aromatic nitrogens is 1. The minimum atomic E-state index is 0.176. The molecule has 1 aromatic heterocycles.